The van der Waals surface area contributed by atoms with Gasteiger partial charge in [0.1, 0.15) is 40.8 Å². The Morgan fingerprint density at radius 3 is 2.45 bits per heavy atom. The first-order valence-electron chi connectivity index (χ1n) is 8.75. The van der Waals surface area contributed by atoms with E-state index in [-0.39, 0.29) is 18.5 Å². The van der Waals surface area contributed by atoms with Gasteiger partial charge in [0.15, 0.2) is 5.43 Å². The average molecular weight is 400 g/mol. The number of aliphatic hydroxyl groups excluding tert-OH is 1. The first-order valence-corrected chi connectivity index (χ1v) is 8.75. The molecule has 0 unspecified atom stereocenters. The van der Waals surface area contributed by atoms with Gasteiger partial charge in [0, 0.05) is 23.8 Å². The maximum Gasteiger partial charge on any atom is 0.313 e. The molecule has 2 aromatic carbocycles. The Labute approximate surface area is 166 Å². The van der Waals surface area contributed by atoms with Crippen LogP contribution in [0.3, 0.4) is 0 Å². The summed E-state index contributed by atoms with van der Waals surface area (Å²) in [5.74, 6) is 1.08. The number of esters is 1. The molecule has 0 saturated carbocycles. The number of carbonyl (C=O) groups is 1. The molecule has 152 valence electrons. The zero-order valence-electron chi connectivity index (χ0n) is 16.0. The van der Waals surface area contributed by atoms with Gasteiger partial charge in [-0.1, -0.05) is 0 Å². The van der Waals surface area contributed by atoms with Gasteiger partial charge < -0.3 is 28.5 Å². The van der Waals surface area contributed by atoms with Crippen LogP contribution in [0.1, 0.15) is 6.42 Å². The zero-order valence-corrected chi connectivity index (χ0v) is 16.0. The lowest BCUT2D eigenvalue weighted by Gasteiger charge is -2.09. The molecule has 3 rings (SSSR count). The minimum absolute atomic E-state index is 0.0194. The molecule has 0 aliphatic heterocycles. The quantitative estimate of drug-likeness (QED) is 0.266. The highest BCUT2D eigenvalue weighted by Gasteiger charge is 2.14. The van der Waals surface area contributed by atoms with E-state index in [0.717, 1.165) is 0 Å². The Hall–Kier alpha value is -3.36. The van der Waals surface area contributed by atoms with E-state index in [9.17, 15) is 9.59 Å². The number of aliphatic hydroxyl groups is 1. The highest BCUT2D eigenvalue weighted by atomic mass is 16.6. The van der Waals surface area contributed by atoms with Crippen molar-refractivity contribution in [2.45, 2.75) is 6.42 Å². The maximum absolute atomic E-state index is 12.6. The lowest BCUT2D eigenvalue weighted by atomic mass is 10.1. The van der Waals surface area contributed by atoms with E-state index in [1.807, 2.05) is 0 Å². The minimum atomic E-state index is -0.484. The molecule has 0 saturated heterocycles. The SMILES string of the molecule is COc1cc(OC)c2c(=O)cc(-c3ccc(OC(=O)CCOCO)cc3)oc2c1. The molecule has 0 aliphatic rings. The number of methoxy groups -OCH3 is 2. The molecule has 8 nitrogen and oxygen atoms in total. The molecule has 0 fully saturated rings. The molecule has 0 bridgehead atoms. The third-order valence-electron chi connectivity index (χ3n) is 4.14. The Bertz CT molecular complexity index is 1050. The van der Waals surface area contributed by atoms with Crippen LogP contribution in [-0.4, -0.2) is 38.7 Å². The predicted octanol–water partition coefficient (Wildman–Crippen LogP) is 2.74. The van der Waals surface area contributed by atoms with Gasteiger partial charge in [-0.3, -0.25) is 9.59 Å². The van der Waals surface area contributed by atoms with Crippen molar-refractivity contribution in [3.63, 3.8) is 0 Å². The van der Waals surface area contributed by atoms with E-state index < -0.39 is 12.8 Å². The molecule has 0 spiro atoms. The van der Waals surface area contributed by atoms with Gasteiger partial charge in [0.25, 0.3) is 0 Å². The highest BCUT2D eigenvalue weighted by Crippen LogP contribution is 2.32. The van der Waals surface area contributed by atoms with E-state index in [4.69, 9.17) is 28.5 Å². The second-order valence-corrected chi connectivity index (χ2v) is 5.96. The van der Waals surface area contributed by atoms with E-state index in [1.54, 1.807) is 36.4 Å². The average Bonchev–Trinajstić information content (AvgIpc) is 2.73. The molecule has 3 aromatic rings. The first-order chi connectivity index (χ1) is 14.0. The third-order valence-corrected chi connectivity index (χ3v) is 4.14. The van der Waals surface area contributed by atoms with Crippen LogP contribution in [0.2, 0.25) is 0 Å². The van der Waals surface area contributed by atoms with E-state index >= 15 is 0 Å². The number of hydrogen-bond acceptors (Lipinski definition) is 8. The normalized spacial score (nSPS) is 10.7. The molecule has 0 radical (unpaired) electrons. The van der Waals surface area contributed by atoms with E-state index in [2.05, 4.69) is 0 Å². The van der Waals surface area contributed by atoms with Crippen molar-refractivity contribution < 1.29 is 33.3 Å². The van der Waals surface area contributed by atoms with Gasteiger partial charge in [-0.05, 0) is 24.3 Å². The van der Waals surface area contributed by atoms with Crippen molar-refractivity contribution in [2.24, 2.45) is 0 Å². The van der Waals surface area contributed by atoms with Crippen LogP contribution in [0, 0.1) is 0 Å². The molecule has 8 heteroatoms. The van der Waals surface area contributed by atoms with Crippen molar-refractivity contribution in [2.75, 3.05) is 27.6 Å². The van der Waals surface area contributed by atoms with Gasteiger partial charge >= 0.3 is 5.97 Å². The highest BCUT2D eigenvalue weighted by molar-refractivity contribution is 5.86. The second kappa shape index (κ2) is 9.22. The standard InChI is InChI=1S/C21H20O8/c1-25-15-9-18(26-2)21-16(23)11-17(29-19(21)10-15)13-3-5-14(6-4-13)28-20(24)7-8-27-12-22/h3-6,9-11,22H,7-8,12H2,1-2H3. The largest absolute Gasteiger partial charge is 0.496 e. The monoisotopic (exact) mass is 400 g/mol. The van der Waals surface area contributed by atoms with Crippen LogP contribution in [-0.2, 0) is 9.53 Å². The lowest BCUT2D eigenvalue weighted by molar-refractivity contribution is -0.136. The number of carbonyl (C=O) groups excluding carboxylic acids is 1. The first kappa shape index (κ1) is 20.4. The minimum Gasteiger partial charge on any atom is -0.496 e. The second-order valence-electron chi connectivity index (χ2n) is 5.96. The fraction of sp³-hybridized carbons (Fsp3) is 0.238. The summed E-state index contributed by atoms with van der Waals surface area (Å²) in [5, 5.41) is 8.86. The molecule has 0 amide bonds. The number of ether oxygens (including phenoxy) is 4. The fourth-order valence-corrected chi connectivity index (χ4v) is 2.74. The number of hydrogen-bond donors (Lipinski definition) is 1. The van der Waals surface area contributed by atoms with Crippen molar-refractivity contribution in [3.8, 4) is 28.6 Å². The molecular weight excluding hydrogens is 380 g/mol. The third kappa shape index (κ3) is 4.74. The van der Waals surface area contributed by atoms with Crippen molar-refractivity contribution in [1.82, 2.24) is 0 Å². The summed E-state index contributed by atoms with van der Waals surface area (Å²) in [5.41, 5.74) is 0.720. The van der Waals surface area contributed by atoms with Crippen molar-refractivity contribution in [3.05, 3.63) is 52.7 Å². The number of benzene rings is 2. The Morgan fingerprint density at radius 1 is 1.03 bits per heavy atom. The van der Waals surface area contributed by atoms with Gasteiger partial charge in [-0.25, -0.2) is 0 Å². The summed E-state index contributed by atoms with van der Waals surface area (Å²) in [4.78, 5) is 24.3. The van der Waals surface area contributed by atoms with E-state index in [1.165, 1.54) is 20.3 Å². The van der Waals surface area contributed by atoms with Crippen LogP contribution in [0.4, 0.5) is 0 Å². The lowest BCUT2D eigenvalue weighted by Crippen LogP contribution is -2.11. The summed E-state index contributed by atoms with van der Waals surface area (Å²) in [6, 6.07) is 11.2. The van der Waals surface area contributed by atoms with E-state index in [0.29, 0.717) is 39.5 Å². The summed E-state index contributed by atoms with van der Waals surface area (Å²) < 4.78 is 26.3. The molecule has 1 heterocycles. The predicted molar refractivity (Wildman–Crippen MR) is 104 cm³/mol. The molecule has 29 heavy (non-hydrogen) atoms. The maximum atomic E-state index is 12.6. The number of fused-ring (bicyclic) bond motifs is 1. The Balaban J connectivity index is 1.87. The fourth-order valence-electron chi connectivity index (χ4n) is 2.74. The smallest absolute Gasteiger partial charge is 0.313 e. The van der Waals surface area contributed by atoms with Gasteiger partial charge in [0.2, 0.25) is 0 Å². The van der Waals surface area contributed by atoms with Crippen LogP contribution in [0.5, 0.6) is 17.2 Å². The summed E-state index contributed by atoms with van der Waals surface area (Å²) in [7, 11) is 2.98. The van der Waals surface area contributed by atoms with Gasteiger partial charge in [-0.2, -0.15) is 0 Å². The van der Waals surface area contributed by atoms with Gasteiger partial charge in [0.05, 0.1) is 27.2 Å². The van der Waals surface area contributed by atoms with Crippen LogP contribution < -0.4 is 19.6 Å². The Kier molecular flexibility index (Phi) is 6.48. The molecular formula is C21H20O8. The van der Waals surface area contributed by atoms with Gasteiger partial charge in [-0.15, -0.1) is 0 Å². The zero-order chi connectivity index (χ0) is 20.8. The summed E-state index contributed by atoms with van der Waals surface area (Å²) in [6.07, 6.45) is 0.0194. The molecule has 1 aromatic heterocycles. The van der Waals surface area contributed by atoms with Crippen molar-refractivity contribution in [1.29, 1.82) is 0 Å². The van der Waals surface area contributed by atoms with Crippen molar-refractivity contribution >= 4 is 16.9 Å². The topological polar surface area (TPSA) is 104 Å². The van der Waals surface area contributed by atoms with Crippen LogP contribution >= 0.6 is 0 Å². The number of rotatable bonds is 8. The van der Waals surface area contributed by atoms with Crippen LogP contribution in [0.15, 0.2) is 51.7 Å². The summed E-state index contributed by atoms with van der Waals surface area (Å²) in [6.45, 7) is -0.376. The molecule has 0 aliphatic carbocycles. The van der Waals surface area contributed by atoms with Crippen LogP contribution in [0.25, 0.3) is 22.3 Å². The summed E-state index contributed by atoms with van der Waals surface area (Å²) >= 11 is 0. The Morgan fingerprint density at radius 2 is 1.79 bits per heavy atom. The molecule has 0 atom stereocenters. The molecule has 1 N–H and O–H groups in total.